The number of fused-ring (bicyclic) bond motifs is 8. The van der Waals surface area contributed by atoms with Crippen molar-refractivity contribution in [1.82, 2.24) is 4.40 Å². The third kappa shape index (κ3) is 2.43. The van der Waals surface area contributed by atoms with Gasteiger partial charge in [0.05, 0.1) is 16.6 Å². The predicted molar refractivity (Wildman–Crippen MR) is 157 cm³/mol. The van der Waals surface area contributed by atoms with Crippen LogP contribution in [0.2, 0.25) is 0 Å². The van der Waals surface area contributed by atoms with Crippen LogP contribution in [-0.2, 0) is 0 Å². The number of hydrogen-bond donors (Lipinski definition) is 0. The molecule has 0 saturated heterocycles. The van der Waals surface area contributed by atoms with Gasteiger partial charge in [0.15, 0.2) is 11.6 Å². The summed E-state index contributed by atoms with van der Waals surface area (Å²) in [5.74, 6) is -0.386. The smallest absolute Gasteiger partial charge is 0.197 e. The molecule has 1 aliphatic rings. The molecule has 0 saturated carbocycles. The standard InChI is InChI=1S/C34H17NO2S/c36-32-25-14-19-6-1-2-7-20(19)15-26(25)33(37)28(32)17-21-16-27-23-10-5-8-18-12-13-24-22-9-3-4-11-29(22)35(34(27)38-21)31(24)30(18)23/h1-17H. The minimum absolute atomic E-state index is 0.193. The first kappa shape index (κ1) is 20.3. The van der Waals surface area contributed by atoms with E-state index in [4.69, 9.17) is 0 Å². The van der Waals surface area contributed by atoms with Gasteiger partial charge < -0.3 is 0 Å². The van der Waals surface area contributed by atoms with E-state index < -0.39 is 0 Å². The van der Waals surface area contributed by atoms with E-state index in [-0.39, 0.29) is 17.1 Å². The van der Waals surface area contributed by atoms with Gasteiger partial charge in [0.1, 0.15) is 4.83 Å². The number of benzene rings is 5. The Balaban J connectivity index is 1.34. The number of aromatic nitrogens is 1. The van der Waals surface area contributed by atoms with Gasteiger partial charge >= 0.3 is 0 Å². The Morgan fingerprint density at radius 1 is 0.605 bits per heavy atom. The molecule has 0 radical (unpaired) electrons. The summed E-state index contributed by atoms with van der Waals surface area (Å²) >= 11 is 1.63. The minimum atomic E-state index is -0.193. The molecule has 4 heteroatoms. The van der Waals surface area contributed by atoms with Crippen molar-refractivity contribution in [3.8, 4) is 0 Å². The number of carbonyl (C=O) groups excluding carboxylic acids is 2. The molecule has 9 rings (SSSR count). The molecular formula is C34H17NO2S. The van der Waals surface area contributed by atoms with Crippen LogP contribution in [0, 0.1) is 0 Å². The van der Waals surface area contributed by atoms with Crippen LogP contribution in [0.25, 0.3) is 65.0 Å². The number of ketones is 2. The van der Waals surface area contributed by atoms with E-state index in [9.17, 15) is 9.59 Å². The molecule has 1 aliphatic carbocycles. The van der Waals surface area contributed by atoms with E-state index in [0.29, 0.717) is 11.1 Å². The highest BCUT2D eigenvalue weighted by Gasteiger charge is 2.33. The Kier molecular flexibility index (Phi) is 3.70. The third-order valence-electron chi connectivity index (χ3n) is 8.05. The zero-order valence-electron chi connectivity index (χ0n) is 20.0. The van der Waals surface area contributed by atoms with E-state index in [2.05, 4.69) is 65.1 Å². The number of pyridine rings is 1. The topological polar surface area (TPSA) is 38.5 Å². The number of Topliss-reactive ketones (excluding diaryl/α,β-unsaturated/α-hetero) is 2. The van der Waals surface area contributed by atoms with Crippen LogP contribution >= 0.6 is 11.3 Å². The SMILES string of the molecule is O=C1C(=Cc2cc3c4cccc5ccc6c7ccccc7n(c3s2)c6c54)C(=O)c2cc3ccccc3cc21. The molecule has 0 unspecified atom stereocenters. The van der Waals surface area contributed by atoms with Crippen LogP contribution in [0.4, 0.5) is 0 Å². The summed E-state index contributed by atoms with van der Waals surface area (Å²) in [4.78, 5) is 28.9. The van der Waals surface area contributed by atoms with Crippen molar-refractivity contribution in [2.24, 2.45) is 0 Å². The lowest BCUT2D eigenvalue weighted by atomic mass is 10.0. The van der Waals surface area contributed by atoms with Crippen LogP contribution < -0.4 is 0 Å². The number of nitrogens with zero attached hydrogens (tertiary/aromatic N) is 1. The number of para-hydroxylation sites is 1. The van der Waals surface area contributed by atoms with Gasteiger partial charge in [-0.25, -0.2) is 0 Å². The maximum absolute atomic E-state index is 13.4. The van der Waals surface area contributed by atoms with Crippen molar-refractivity contribution in [1.29, 1.82) is 0 Å². The highest BCUT2D eigenvalue weighted by atomic mass is 32.1. The Labute approximate surface area is 220 Å². The second-order valence-corrected chi connectivity index (χ2v) is 11.1. The first-order valence-electron chi connectivity index (χ1n) is 12.6. The van der Waals surface area contributed by atoms with E-state index in [1.807, 2.05) is 36.4 Å². The van der Waals surface area contributed by atoms with Gasteiger partial charge in [-0.15, -0.1) is 11.3 Å². The van der Waals surface area contributed by atoms with Crippen LogP contribution in [-0.4, -0.2) is 16.0 Å². The number of allylic oxidation sites excluding steroid dienone is 1. The second kappa shape index (κ2) is 6.94. The van der Waals surface area contributed by atoms with Crippen LogP contribution in [0.3, 0.4) is 0 Å². The summed E-state index contributed by atoms with van der Waals surface area (Å²) in [5.41, 5.74) is 3.62. The van der Waals surface area contributed by atoms with Crippen molar-refractivity contribution in [3.63, 3.8) is 0 Å². The van der Waals surface area contributed by atoms with Crippen molar-refractivity contribution >= 4 is 87.9 Å². The second-order valence-electron chi connectivity index (χ2n) is 10.0. The van der Waals surface area contributed by atoms with E-state index >= 15 is 0 Å². The molecule has 3 heterocycles. The van der Waals surface area contributed by atoms with Gasteiger partial charge in [-0.2, -0.15) is 0 Å². The summed E-state index contributed by atoms with van der Waals surface area (Å²) in [6.45, 7) is 0. The summed E-state index contributed by atoms with van der Waals surface area (Å²) in [7, 11) is 0. The molecule has 0 amide bonds. The summed E-state index contributed by atoms with van der Waals surface area (Å²) < 4.78 is 2.36. The van der Waals surface area contributed by atoms with Crippen LogP contribution in [0.15, 0.2) is 103 Å². The molecule has 8 aromatic rings. The summed E-state index contributed by atoms with van der Waals surface area (Å²) in [6.07, 6.45) is 1.80. The Bertz CT molecular complexity index is 2330. The van der Waals surface area contributed by atoms with Crippen molar-refractivity contribution < 1.29 is 9.59 Å². The number of thiophene rings is 1. The predicted octanol–water partition coefficient (Wildman–Crippen LogP) is 8.67. The fraction of sp³-hybridized carbons (Fsp3) is 0. The molecule has 38 heavy (non-hydrogen) atoms. The molecule has 0 atom stereocenters. The molecule has 0 N–H and O–H groups in total. The Hall–Kier alpha value is -4.80. The molecule has 0 fully saturated rings. The van der Waals surface area contributed by atoms with E-state index in [1.54, 1.807) is 17.4 Å². The van der Waals surface area contributed by atoms with Gasteiger partial charge in [-0.1, -0.05) is 72.8 Å². The molecule has 5 aromatic carbocycles. The lowest BCUT2D eigenvalue weighted by Crippen LogP contribution is -1.99. The maximum Gasteiger partial charge on any atom is 0.197 e. The highest BCUT2D eigenvalue weighted by molar-refractivity contribution is 7.19. The largest absolute Gasteiger partial charge is 0.299 e. The molecule has 176 valence electrons. The average Bonchev–Trinajstić information content (AvgIpc) is 3.59. The minimum Gasteiger partial charge on any atom is -0.299 e. The third-order valence-corrected chi connectivity index (χ3v) is 9.12. The maximum atomic E-state index is 13.4. The molecule has 3 aromatic heterocycles. The summed E-state index contributed by atoms with van der Waals surface area (Å²) in [5, 5.41) is 9.18. The molecule has 0 aliphatic heterocycles. The van der Waals surface area contributed by atoms with Gasteiger partial charge in [-0.3, -0.25) is 14.0 Å². The first-order chi connectivity index (χ1) is 18.7. The van der Waals surface area contributed by atoms with Gasteiger partial charge in [-0.05, 0) is 51.9 Å². The van der Waals surface area contributed by atoms with Gasteiger partial charge in [0, 0.05) is 37.5 Å². The molecule has 3 nitrogen and oxygen atoms in total. The van der Waals surface area contributed by atoms with Gasteiger partial charge in [0.25, 0.3) is 0 Å². The van der Waals surface area contributed by atoms with E-state index in [0.717, 1.165) is 25.9 Å². The lowest BCUT2D eigenvalue weighted by molar-refractivity contribution is 0.0990. The van der Waals surface area contributed by atoms with Crippen LogP contribution in [0.5, 0.6) is 0 Å². The number of hydrogen-bond acceptors (Lipinski definition) is 3. The number of rotatable bonds is 1. The van der Waals surface area contributed by atoms with Crippen molar-refractivity contribution in [2.75, 3.05) is 0 Å². The molecule has 0 spiro atoms. The Morgan fingerprint density at radius 2 is 1.29 bits per heavy atom. The normalized spacial score (nSPS) is 13.8. The van der Waals surface area contributed by atoms with Crippen molar-refractivity contribution in [2.45, 2.75) is 0 Å². The zero-order chi connectivity index (χ0) is 25.1. The summed E-state index contributed by atoms with van der Waals surface area (Å²) in [6, 6.07) is 33.1. The van der Waals surface area contributed by atoms with Crippen LogP contribution in [0.1, 0.15) is 25.6 Å². The Morgan fingerprint density at radius 3 is 2.08 bits per heavy atom. The van der Waals surface area contributed by atoms with E-state index in [1.165, 1.54) is 38.0 Å². The fourth-order valence-electron chi connectivity index (χ4n) is 6.37. The molecule has 0 bridgehead atoms. The quantitative estimate of drug-likeness (QED) is 0.166. The van der Waals surface area contributed by atoms with Crippen molar-refractivity contribution in [3.05, 3.63) is 119 Å². The van der Waals surface area contributed by atoms with Gasteiger partial charge in [0.2, 0.25) is 0 Å². The number of carbonyl (C=O) groups is 2. The fourth-order valence-corrected chi connectivity index (χ4v) is 7.51. The lowest BCUT2D eigenvalue weighted by Gasteiger charge is -2.09. The molecular weight excluding hydrogens is 486 g/mol. The zero-order valence-corrected chi connectivity index (χ0v) is 20.8. The first-order valence-corrected chi connectivity index (χ1v) is 13.4. The monoisotopic (exact) mass is 503 g/mol. The average molecular weight is 504 g/mol. The highest BCUT2D eigenvalue weighted by Crippen LogP contribution is 2.44.